The molecule has 3 aromatic carbocycles. The van der Waals surface area contributed by atoms with Gasteiger partial charge in [0, 0.05) is 56.3 Å². The van der Waals surface area contributed by atoms with Gasteiger partial charge >= 0.3 is 0 Å². The van der Waals surface area contributed by atoms with Crippen LogP contribution >= 0.6 is 11.6 Å². The Morgan fingerprint density at radius 3 is 2.45 bits per heavy atom. The van der Waals surface area contributed by atoms with Crippen molar-refractivity contribution in [1.82, 2.24) is 20.2 Å². The minimum absolute atomic E-state index is 0.0610. The number of likely N-dealkylation sites (N-methyl/N-ethyl adjacent to an activating group) is 1. The van der Waals surface area contributed by atoms with Crippen LogP contribution in [-0.2, 0) is 0 Å². The molecule has 0 amide bonds. The van der Waals surface area contributed by atoms with E-state index in [0.29, 0.717) is 34.8 Å². The van der Waals surface area contributed by atoms with Crippen molar-refractivity contribution >= 4 is 45.0 Å². The molecule has 4 heterocycles. The Bertz CT molecular complexity index is 1560. The number of rotatable bonds is 4. The van der Waals surface area contributed by atoms with Crippen LogP contribution < -0.4 is 15.1 Å². The number of fused-ring (bicyclic) bond motifs is 3. The van der Waals surface area contributed by atoms with Crippen molar-refractivity contribution in [2.24, 2.45) is 11.8 Å². The Balaban J connectivity index is 1.42. The maximum absolute atomic E-state index is 16.6. The second-order valence-corrected chi connectivity index (χ2v) is 11.5. The number of phenols is 1. The van der Waals surface area contributed by atoms with E-state index in [9.17, 15) is 5.11 Å². The molecule has 1 aromatic heterocycles. The number of nitrogens with one attached hydrogen (secondary N) is 1. The first kappa shape index (κ1) is 23.9. The van der Waals surface area contributed by atoms with Crippen LogP contribution in [0.5, 0.6) is 5.75 Å². The van der Waals surface area contributed by atoms with Crippen LogP contribution in [0.2, 0.25) is 5.02 Å². The number of aromatic nitrogens is 2. The largest absolute Gasteiger partial charge is 0.508 e. The molecule has 3 aliphatic rings. The molecule has 4 aromatic rings. The first-order valence-corrected chi connectivity index (χ1v) is 13.5. The predicted molar refractivity (Wildman–Crippen MR) is 151 cm³/mol. The molecule has 0 unspecified atom stereocenters. The molecule has 38 heavy (non-hydrogen) atoms. The van der Waals surface area contributed by atoms with Gasteiger partial charge in [0.15, 0.2) is 5.82 Å². The van der Waals surface area contributed by atoms with Crippen molar-refractivity contribution in [3.8, 4) is 16.9 Å². The minimum Gasteiger partial charge on any atom is -0.508 e. The third kappa shape index (κ3) is 3.77. The number of nitrogens with zero attached hydrogens (tertiary/aromatic N) is 5. The van der Waals surface area contributed by atoms with Gasteiger partial charge in [-0.15, -0.1) is 0 Å². The molecule has 0 radical (unpaired) electrons. The second-order valence-electron chi connectivity index (χ2n) is 11.1. The van der Waals surface area contributed by atoms with Gasteiger partial charge in [-0.2, -0.15) is 4.98 Å². The quantitative estimate of drug-likeness (QED) is 0.405. The summed E-state index contributed by atoms with van der Waals surface area (Å²) < 4.78 is 16.6. The zero-order valence-corrected chi connectivity index (χ0v) is 22.2. The molecular weight excluding hydrogens is 503 g/mol. The third-order valence-corrected chi connectivity index (χ3v) is 8.83. The highest BCUT2D eigenvalue weighted by Gasteiger charge is 2.38. The van der Waals surface area contributed by atoms with Crippen molar-refractivity contribution in [1.29, 1.82) is 0 Å². The lowest BCUT2D eigenvalue weighted by Gasteiger charge is -2.43. The molecule has 7 nitrogen and oxygen atoms in total. The summed E-state index contributed by atoms with van der Waals surface area (Å²) in [7, 11) is 4.14. The summed E-state index contributed by atoms with van der Waals surface area (Å²) >= 11 is 6.84. The number of benzene rings is 3. The lowest BCUT2D eigenvalue weighted by Crippen LogP contribution is -2.58. The zero-order chi connectivity index (χ0) is 26.1. The molecule has 7 rings (SSSR count). The van der Waals surface area contributed by atoms with E-state index < -0.39 is 5.82 Å². The van der Waals surface area contributed by atoms with Crippen LogP contribution in [0.4, 0.5) is 16.2 Å². The lowest BCUT2D eigenvalue weighted by molar-refractivity contribution is 0.245. The van der Waals surface area contributed by atoms with E-state index >= 15 is 4.39 Å². The molecule has 3 fully saturated rings. The van der Waals surface area contributed by atoms with E-state index in [1.165, 1.54) is 0 Å². The van der Waals surface area contributed by atoms with E-state index in [4.69, 9.17) is 21.6 Å². The number of hydrogen-bond donors (Lipinski definition) is 2. The maximum Gasteiger partial charge on any atom is 0.228 e. The van der Waals surface area contributed by atoms with Crippen molar-refractivity contribution in [2.75, 3.05) is 63.2 Å². The number of aromatic hydroxyl groups is 1. The van der Waals surface area contributed by atoms with E-state index in [0.717, 1.165) is 55.9 Å². The normalized spacial score (nSPS) is 21.6. The number of anilines is 2. The molecule has 3 aliphatic heterocycles. The van der Waals surface area contributed by atoms with Crippen LogP contribution in [0.1, 0.15) is 0 Å². The van der Waals surface area contributed by atoms with E-state index in [2.05, 4.69) is 34.1 Å². The summed E-state index contributed by atoms with van der Waals surface area (Å²) in [5.74, 6) is 1.99. The smallest absolute Gasteiger partial charge is 0.228 e. The van der Waals surface area contributed by atoms with Crippen molar-refractivity contribution in [3.05, 3.63) is 53.3 Å². The molecule has 0 bridgehead atoms. The Kier molecular flexibility index (Phi) is 5.61. The van der Waals surface area contributed by atoms with Crippen LogP contribution in [0.15, 0.2) is 42.5 Å². The van der Waals surface area contributed by atoms with E-state index in [1.54, 1.807) is 18.2 Å². The Hall–Kier alpha value is -3.20. The average Bonchev–Trinajstić information content (AvgIpc) is 3.45. The molecule has 196 valence electrons. The van der Waals surface area contributed by atoms with E-state index in [1.807, 2.05) is 24.3 Å². The van der Waals surface area contributed by atoms with Gasteiger partial charge in [-0.3, -0.25) is 0 Å². The molecule has 0 saturated carbocycles. The summed E-state index contributed by atoms with van der Waals surface area (Å²) in [6.07, 6.45) is 0. The van der Waals surface area contributed by atoms with Crippen molar-refractivity contribution in [3.63, 3.8) is 0 Å². The predicted octanol–water partition coefficient (Wildman–Crippen LogP) is 4.35. The summed E-state index contributed by atoms with van der Waals surface area (Å²) in [4.78, 5) is 16.4. The fourth-order valence-electron chi connectivity index (χ4n) is 6.27. The van der Waals surface area contributed by atoms with Crippen LogP contribution in [0.3, 0.4) is 0 Å². The standard InChI is InChI=1S/C29H30ClFN6O/c1-35(2)19-14-37(15-19)29-33-27-23(28(34-29)36-12-17-10-32-11-18(17)13-36)9-24(30)25(26(27)31)22-8-20(38)7-16-5-3-4-6-21(16)22/h3-9,17-19,32,38H,10-15H2,1-2H3/t17-,18+. The summed E-state index contributed by atoms with van der Waals surface area (Å²) in [6.45, 7) is 5.34. The van der Waals surface area contributed by atoms with Crippen LogP contribution in [0.25, 0.3) is 32.8 Å². The molecule has 9 heteroatoms. The lowest BCUT2D eigenvalue weighted by atomic mass is 9.96. The van der Waals surface area contributed by atoms with Crippen molar-refractivity contribution in [2.45, 2.75) is 6.04 Å². The molecular formula is C29H30ClFN6O. The third-order valence-electron chi connectivity index (χ3n) is 8.53. The monoisotopic (exact) mass is 532 g/mol. The first-order valence-electron chi connectivity index (χ1n) is 13.2. The zero-order valence-electron chi connectivity index (χ0n) is 21.5. The Morgan fingerprint density at radius 2 is 1.71 bits per heavy atom. The van der Waals surface area contributed by atoms with Gasteiger partial charge in [0.2, 0.25) is 5.95 Å². The maximum atomic E-state index is 16.6. The molecule has 3 saturated heterocycles. The number of hydrogen-bond acceptors (Lipinski definition) is 7. The Morgan fingerprint density at radius 1 is 0.974 bits per heavy atom. The fourth-order valence-corrected chi connectivity index (χ4v) is 6.57. The van der Waals surface area contributed by atoms with E-state index in [-0.39, 0.29) is 21.9 Å². The fraction of sp³-hybridized carbons (Fsp3) is 0.379. The summed E-state index contributed by atoms with van der Waals surface area (Å²) in [5.41, 5.74) is 1.06. The molecule has 0 aliphatic carbocycles. The van der Waals surface area contributed by atoms with Crippen molar-refractivity contribution < 1.29 is 9.50 Å². The van der Waals surface area contributed by atoms with Gasteiger partial charge in [0.1, 0.15) is 17.1 Å². The SMILES string of the molecule is CN(C)C1CN(c2nc(N3C[C@H]4CNC[C@H]4C3)c3cc(Cl)c(-c4cc(O)cc5ccccc45)c(F)c3n2)C1. The van der Waals surface area contributed by atoms with Gasteiger partial charge < -0.3 is 25.1 Å². The van der Waals surface area contributed by atoms with Gasteiger partial charge in [0.25, 0.3) is 0 Å². The number of phenolic OH excluding ortho intramolecular Hbond substituents is 1. The van der Waals surface area contributed by atoms with Crippen LogP contribution in [-0.4, -0.2) is 79.4 Å². The highest BCUT2D eigenvalue weighted by Crippen LogP contribution is 2.43. The average molecular weight is 533 g/mol. The summed E-state index contributed by atoms with van der Waals surface area (Å²) in [6, 6.07) is 13.1. The highest BCUT2D eigenvalue weighted by atomic mass is 35.5. The number of halogens is 2. The topological polar surface area (TPSA) is 67.8 Å². The van der Waals surface area contributed by atoms with Gasteiger partial charge in [-0.1, -0.05) is 35.9 Å². The van der Waals surface area contributed by atoms with Gasteiger partial charge in [0.05, 0.1) is 5.02 Å². The first-order chi connectivity index (χ1) is 18.4. The molecule has 0 spiro atoms. The minimum atomic E-state index is -0.487. The van der Waals surface area contributed by atoms with Gasteiger partial charge in [-0.05, 0) is 60.5 Å². The van der Waals surface area contributed by atoms with Gasteiger partial charge in [-0.25, -0.2) is 9.37 Å². The Labute approximate surface area is 225 Å². The highest BCUT2D eigenvalue weighted by molar-refractivity contribution is 6.35. The second kappa shape index (κ2) is 8.93. The molecule has 2 atom stereocenters. The van der Waals surface area contributed by atoms with Crippen LogP contribution in [0, 0.1) is 17.7 Å². The molecule has 2 N–H and O–H groups in total. The summed E-state index contributed by atoms with van der Waals surface area (Å²) in [5, 5.41) is 16.5.